The Kier molecular flexibility index (Phi) is 11.7. The quantitative estimate of drug-likeness (QED) is 0.222. The monoisotopic (exact) mass is 530 g/mol. The maximum absolute atomic E-state index is 12.8. The van der Waals surface area contributed by atoms with Gasteiger partial charge in [0.15, 0.2) is 5.96 Å². The van der Waals surface area contributed by atoms with Crippen molar-refractivity contribution in [3.8, 4) is 5.75 Å². The van der Waals surface area contributed by atoms with Crippen LogP contribution >= 0.6 is 24.0 Å². The predicted molar refractivity (Wildman–Crippen MR) is 118 cm³/mol. The van der Waals surface area contributed by atoms with Gasteiger partial charge >= 0.3 is 6.18 Å². The Morgan fingerprint density at radius 3 is 2.72 bits per heavy atom. The molecule has 1 aliphatic rings. The lowest BCUT2D eigenvalue weighted by Crippen LogP contribution is -2.39. The van der Waals surface area contributed by atoms with Crippen molar-refractivity contribution >= 4 is 29.9 Å². The van der Waals surface area contributed by atoms with Crippen LogP contribution in [0.2, 0.25) is 0 Å². The fraction of sp³-hybridized carbons (Fsp3) is 0.632. The van der Waals surface area contributed by atoms with Gasteiger partial charge in [0.2, 0.25) is 0 Å². The highest BCUT2D eigenvalue weighted by molar-refractivity contribution is 14.0. The molecule has 1 aromatic rings. The lowest BCUT2D eigenvalue weighted by molar-refractivity contribution is -0.137. The molecular weight excluding hydrogens is 500 g/mol. The molecule has 0 spiro atoms. The van der Waals surface area contributed by atoms with E-state index in [2.05, 4.69) is 15.2 Å². The molecule has 2 rings (SSSR count). The van der Waals surface area contributed by atoms with E-state index in [0.29, 0.717) is 18.9 Å². The Morgan fingerprint density at radius 1 is 1.34 bits per heavy atom. The largest absolute Gasteiger partial charge is 0.488 e. The van der Waals surface area contributed by atoms with E-state index in [4.69, 9.17) is 15.2 Å². The zero-order chi connectivity index (χ0) is 20.4. The lowest BCUT2D eigenvalue weighted by atomic mass is 10.2. The molecule has 6 nitrogen and oxygen atoms in total. The zero-order valence-corrected chi connectivity index (χ0v) is 18.9. The summed E-state index contributed by atoms with van der Waals surface area (Å²) in [6.45, 7) is 7.30. The number of hydrogen-bond acceptors (Lipinski definition) is 4. The normalized spacial score (nSPS) is 16.8. The molecule has 0 saturated carbocycles. The molecule has 1 heterocycles. The van der Waals surface area contributed by atoms with Crippen LogP contribution in [-0.4, -0.2) is 62.9 Å². The Labute approximate surface area is 187 Å². The van der Waals surface area contributed by atoms with E-state index in [1.54, 1.807) is 0 Å². The van der Waals surface area contributed by atoms with E-state index in [9.17, 15) is 13.2 Å². The minimum absolute atomic E-state index is 0. The van der Waals surface area contributed by atoms with Crippen LogP contribution in [0.4, 0.5) is 13.2 Å². The van der Waals surface area contributed by atoms with Gasteiger partial charge in [-0.05, 0) is 37.6 Å². The van der Waals surface area contributed by atoms with Crippen LogP contribution in [0.3, 0.4) is 0 Å². The molecule has 10 heteroatoms. The number of hydrogen-bond donors (Lipinski definition) is 2. The Hall–Kier alpha value is -1.27. The minimum Gasteiger partial charge on any atom is -0.488 e. The van der Waals surface area contributed by atoms with E-state index in [0.717, 1.165) is 51.4 Å². The van der Waals surface area contributed by atoms with Gasteiger partial charge in [-0.1, -0.05) is 13.0 Å². The molecule has 0 aliphatic carbocycles. The van der Waals surface area contributed by atoms with Crippen molar-refractivity contribution in [3.05, 3.63) is 29.8 Å². The van der Waals surface area contributed by atoms with Gasteiger partial charge in [0, 0.05) is 19.6 Å². The first-order chi connectivity index (χ1) is 13.4. The highest BCUT2D eigenvalue weighted by Gasteiger charge is 2.30. The standard InChI is InChI=1S/C19H29F3N4O2.HI/c1-2-16(28-17-6-3-5-15(13-17)19(20,21)22)14-25-18(23)24-7-4-8-26-9-11-27-12-10-26;/h3,5-6,13,16H,2,4,7-12,14H2,1H3,(H3,23,24,25);1H. The molecule has 0 amide bonds. The summed E-state index contributed by atoms with van der Waals surface area (Å²) in [6.07, 6.45) is -3.20. The number of benzene rings is 1. The molecule has 0 aromatic heterocycles. The van der Waals surface area contributed by atoms with Crippen molar-refractivity contribution in [3.63, 3.8) is 0 Å². The Morgan fingerprint density at radius 2 is 2.07 bits per heavy atom. The van der Waals surface area contributed by atoms with Gasteiger partial charge in [0.05, 0.1) is 25.3 Å². The van der Waals surface area contributed by atoms with Gasteiger partial charge in [0.1, 0.15) is 11.9 Å². The highest BCUT2D eigenvalue weighted by Crippen LogP contribution is 2.31. The number of nitrogens with zero attached hydrogens (tertiary/aromatic N) is 2. The summed E-state index contributed by atoms with van der Waals surface area (Å²) in [6, 6.07) is 4.86. The molecule has 29 heavy (non-hydrogen) atoms. The average molecular weight is 530 g/mol. The van der Waals surface area contributed by atoms with Crippen molar-refractivity contribution in [1.82, 2.24) is 10.2 Å². The van der Waals surface area contributed by atoms with Crippen LogP contribution < -0.4 is 15.8 Å². The molecule has 1 aliphatic heterocycles. The third-order valence-corrected chi connectivity index (χ3v) is 4.45. The summed E-state index contributed by atoms with van der Waals surface area (Å²) in [7, 11) is 0. The molecule has 0 bridgehead atoms. The van der Waals surface area contributed by atoms with Gasteiger partial charge in [-0.25, -0.2) is 4.99 Å². The van der Waals surface area contributed by atoms with Crippen molar-refractivity contribution in [2.24, 2.45) is 10.7 Å². The zero-order valence-electron chi connectivity index (χ0n) is 16.6. The SMILES string of the molecule is CCC(CN=C(N)NCCCN1CCOCC1)Oc1cccc(C(F)(F)F)c1.I. The van der Waals surface area contributed by atoms with Crippen molar-refractivity contribution in [2.75, 3.05) is 45.9 Å². The second-order valence-electron chi connectivity index (χ2n) is 6.63. The Balaban J connectivity index is 0.00000420. The molecule has 1 saturated heterocycles. The molecule has 1 fully saturated rings. The summed E-state index contributed by atoms with van der Waals surface area (Å²) < 4.78 is 49.3. The smallest absolute Gasteiger partial charge is 0.416 e. The van der Waals surface area contributed by atoms with E-state index >= 15 is 0 Å². The van der Waals surface area contributed by atoms with Crippen LogP contribution in [0.25, 0.3) is 0 Å². The number of nitrogens with two attached hydrogens (primary N) is 1. The third-order valence-electron chi connectivity index (χ3n) is 4.45. The summed E-state index contributed by atoms with van der Waals surface area (Å²) in [5, 5.41) is 3.06. The van der Waals surface area contributed by atoms with Crippen LogP contribution in [-0.2, 0) is 10.9 Å². The van der Waals surface area contributed by atoms with E-state index < -0.39 is 11.7 Å². The molecular formula is C19H30F3IN4O2. The fourth-order valence-electron chi connectivity index (χ4n) is 2.79. The van der Waals surface area contributed by atoms with Gasteiger partial charge in [-0.3, -0.25) is 4.90 Å². The topological polar surface area (TPSA) is 72.1 Å². The second-order valence-corrected chi connectivity index (χ2v) is 6.63. The molecule has 1 aromatic carbocycles. The summed E-state index contributed by atoms with van der Waals surface area (Å²) in [5.74, 6) is 0.488. The van der Waals surface area contributed by atoms with E-state index in [1.807, 2.05) is 6.92 Å². The predicted octanol–water partition coefficient (Wildman–Crippen LogP) is 3.11. The molecule has 0 radical (unpaired) electrons. The molecule has 1 unspecified atom stereocenters. The van der Waals surface area contributed by atoms with Crippen LogP contribution in [0.1, 0.15) is 25.3 Å². The van der Waals surface area contributed by atoms with Crippen molar-refractivity contribution in [1.29, 1.82) is 0 Å². The lowest BCUT2D eigenvalue weighted by Gasteiger charge is -2.26. The number of nitrogens with one attached hydrogen (secondary N) is 1. The summed E-state index contributed by atoms with van der Waals surface area (Å²) >= 11 is 0. The van der Waals surface area contributed by atoms with Crippen LogP contribution in [0, 0.1) is 0 Å². The van der Waals surface area contributed by atoms with Gasteiger partial charge < -0.3 is 20.5 Å². The van der Waals surface area contributed by atoms with Crippen LogP contribution in [0.15, 0.2) is 29.3 Å². The molecule has 1 atom stereocenters. The average Bonchev–Trinajstić information content (AvgIpc) is 2.69. The van der Waals surface area contributed by atoms with E-state index in [-0.39, 0.29) is 42.4 Å². The highest BCUT2D eigenvalue weighted by atomic mass is 127. The number of halogens is 4. The van der Waals surface area contributed by atoms with Gasteiger partial charge in [0.25, 0.3) is 0 Å². The number of aliphatic imine (C=N–C) groups is 1. The summed E-state index contributed by atoms with van der Waals surface area (Å²) in [5.41, 5.74) is 5.14. The first-order valence-electron chi connectivity index (χ1n) is 9.56. The van der Waals surface area contributed by atoms with Crippen molar-refractivity contribution in [2.45, 2.75) is 32.0 Å². The van der Waals surface area contributed by atoms with Crippen molar-refractivity contribution < 1.29 is 22.6 Å². The third kappa shape index (κ3) is 9.85. The second kappa shape index (κ2) is 13.1. The number of morpholine rings is 1. The number of guanidine groups is 1. The Bertz CT molecular complexity index is 626. The van der Waals surface area contributed by atoms with E-state index in [1.165, 1.54) is 12.1 Å². The fourth-order valence-corrected chi connectivity index (χ4v) is 2.79. The van der Waals surface area contributed by atoms with Crippen LogP contribution in [0.5, 0.6) is 5.75 Å². The molecule has 166 valence electrons. The number of rotatable bonds is 9. The van der Waals surface area contributed by atoms with Gasteiger partial charge in [-0.2, -0.15) is 13.2 Å². The minimum atomic E-state index is -4.39. The maximum atomic E-state index is 12.8. The summed E-state index contributed by atoms with van der Waals surface area (Å²) in [4.78, 5) is 6.59. The first kappa shape index (κ1) is 25.8. The van der Waals surface area contributed by atoms with Gasteiger partial charge in [-0.15, -0.1) is 24.0 Å². The first-order valence-corrected chi connectivity index (χ1v) is 9.56. The molecule has 3 N–H and O–H groups in total. The maximum Gasteiger partial charge on any atom is 0.416 e. The number of ether oxygens (including phenoxy) is 2. The number of alkyl halides is 3.